The van der Waals surface area contributed by atoms with Gasteiger partial charge in [-0.25, -0.2) is 0 Å². The van der Waals surface area contributed by atoms with Crippen molar-refractivity contribution in [1.82, 2.24) is 14.7 Å². The van der Waals surface area contributed by atoms with E-state index in [1.807, 2.05) is 54.2 Å². The van der Waals surface area contributed by atoms with Crippen molar-refractivity contribution in [2.75, 3.05) is 40.3 Å². The first kappa shape index (κ1) is 17.4. The Morgan fingerprint density at radius 3 is 2.33 bits per heavy atom. The van der Waals surface area contributed by atoms with E-state index >= 15 is 0 Å². The number of amides is 1. The van der Waals surface area contributed by atoms with Gasteiger partial charge in [0.05, 0.1) is 6.10 Å². The van der Waals surface area contributed by atoms with E-state index in [4.69, 9.17) is 0 Å². The van der Waals surface area contributed by atoms with Crippen molar-refractivity contribution in [2.45, 2.75) is 37.5 Å². The molecule has 3 rings (SSSR count). The van der Waals surface area contributed by atoms with Crippen molar-refractivity contribution in [3.8, 4) is 0 Å². The van der Waals surface area contributed by atoms with Crippen LogP contribution in [0.1, 0.15) is 30.9 Å². The van der Waals surface area contributed by atoms with Gasteiger partial charge in [-0.2, -0.15) is 0 Å². The molecule has 0 spiro atoms. The predicted molar refractivity (Wildman–Crippen MR) is 94.7 cm³/mol. The zero-order valence-electron chi connectivity index (χ0n) is 14.8. The first-order valence-electron chi connectivity index (χ1n) is 9.00. The Balaban J connectivity index is 1.63. The summed E-state index contributed by atoms with van der Waals surface area (Å²) in [5.74, 6) is 0.179. The van der Waals surface area contributed by atoms with E-state index in [-0.39, 0.29) is 18.1 Å². The highest BCUT2D eigenvalue weighted by atomic mass is 16.3. The summed E-state index contributed by atoms with van der Waals surface area (Å²) in [6.07, 6.45) is 2.92. The van der Waals surface area contributed by atoms with Crippen LogP contribution in [0, 0.1) is 0 Å². The average molecular weight is 331 g/mol. The number of carbonyl (C=O) groups is 1. The molecule has 132 valence electrons. The van der Waals surface area contributed by atoms with Gasteiger partial charge in [-0.05, 0) is 38.9 Å². The van der Waals surface area contributed by atoms with Gasteiger partial charge in [0.15, 0.2) is 0 Å². The topological polar surface area (TPSA) is 47.0 Å². The molecule has 1 aliphatic heterocycles. The number of aliphatic hydroxyl groups excluding tert-OH is 1. The minimum Gasteiger partial charge on any atom is -0.391 e. The summed E-state index contributed by atoms with van der Waals surface area (Å²) >= 11 is 0. The molecule has 0 bridgehead atoms. The number of carbonyl (C=O) groups excluding carboxylic acids is 1. The minimum absolute atomic E-state index is 0.179. The smallest absolute Gasteiger partial charge is 0.244 e. The summed E-state index contributed by atoms with van der Waals surface area (Å²) in [5.41, 5.74) is 1.04. The Hall–Kier alpha value is -1.43. The molecule has 1 amide bonds. The second-order valence-corrected chi connectivity index (χ2v) is 7.20. The zero-order valence-corrected chi connectivity index (χ0v) is 14.8. The SMILES string of the molecule is CN(C)[C@H](C(=O)N1CCN([C@H]2CCC[C@@H]2O)CC1)c1ccccc1. The highest BCUT2D eigenvalue weighted by Gasteiger charge is 2.35. The number of piperazine rings is 1. The summed E-state index contributed by atoms with van der Waals surface area (Å²) in [4.78, 5) is 19.4. The minimum atomic E-state index is -0.227. The highest BCUT2D eigenvalue weighted by molar-refractivity contribution is 5.83. The predicted octanol–water partition coefficient (Wildman–Crippen LogP) is 1.35. The standard InChI is InChI=1S/C19H29N3O2/c1-20(2)18(15-7-4-3-5-8-15)19(24)22-13-11-21(12-14-22)16-9-6-10-17(16)23/h3-5,7-8,16-18,23H,6,9-14H2,1-2H3/t16-,17-,18-/m0/s1. The molecule has 0 unspecified atom stereocenters. The maximum atomic E-state index is 13.0. The Kier molecular flexibility index (Phi) is 5.54. The molecule has 0 aromatic heterocycles. The Morgan fingerprint density at radius 2 is 1.79 bits per heavy atom. The van der Waals surface area contributed by atoms with Crippen LogP contribution in [-0.4, -0.2) is 78.1 Å². The molecule has 1 aliphatic carbocycles. The molecule has 1 heterocycles. The lowest BCUT2D eigenvalue weighted by molar-refractivity contribution is -0.138. The third kappa shape index (κ3) is 3.63. The van der Waals surface area contributed by atoms with Gasteiger partial charge in [-0.15, -0.1) is 0 Å². The van der Waals surface area contributed by atoms with Crippen LogP contribution in [0.3, 0.4) is 0 Å². The molecular weight excluding hydrogens is 302 g/mol. The molecule has 5 heteroatoms. The zero-order chi connectivity index (χ0) is 17.1. The number of nitrogens with zero attached hydrogens (tertiary/aromatic N) is 3. The van der Waals surface area contributed by atoms with Crippen molar-refractivity contribution >= 4 is 5.91 Å². The largest absolute Gasteiger partial charge is 0.391 e. The quantitative estimate of drug-likeness (QED) is 0.905. The lowest BCUT2D eigenvalue weighted by Gasteiger charge is -2.40. The van der Waals surface area contributed by atoms with Crippen LogP contribution >= 0.6 is 0 Å². The summed E-state index contributed by atoms with van der Waals surface area (Å²) in [7, 11) is 3.92. The second kappa shape index (κ2) is 7.64. The van der Waals surface area contributed by atoms with Crippen molar-refractivity contribution in [3.63, 3.8) is 0 Å². The fourth-order valence-corrected chi connectivity index (χ4v) is 4.09. The van der Waals surface area contributed by atoms with Crippen LogP contribution in [0.15, 0.2) is 30.3 Å². The average Bonchev–Trinajstić information content (AvgIpc) is 3.02. The molecular formula is C19H29N3O2. The van der Waals surface area contributed by atoms with Crippen LogP contribution in [-0.2, 0) is 4.79 Å². The monoisotopic (exact) mass is 331 g/mol. The molecule has 0 radical (unpaired) electrons. The van der Waals surface area contributed by atoms with Crippen molar-refractivity contribution in [2.24, 2.45) is 0 Å². The van der Waals surface area contributed by atoms with Gasteiger partial charge in [0, 0.05) is 32.2 Å². The van der Waals surface area contributed by atoms with Gasteiger partial charge >= 0.3 is 0 Å². The molecule has 2 aliphatic rings. The molecule has 3 atom stereocenters. The Bertz CT molecular complexity index is 541. The number of rotatable bonds is 4. The van der Waals surface area contributed by atoms with Gasteiger partial charge in [-0.3, -0.25) is 14.6 Å². The number of hydrogen-bond donors (Lipinski definition) is 1. The van der Waals surface area contributed by atoms with Crippen molar-refractivity contribution < 1.29 is 9.90 Å². The summed E-state index contributed by atoms with van der Waals surface area (Å²) in [6, 6.07) is 10.1. The Morgan fingerprint density at radius 1 is 1.12 bits per heavy atom. The van der Waals surface area contributed by atoms with E-state index in [9.17, 15) is 9.90 Å². The maximum Gasteiger partial charge on any atom is 0.244 e. The molecule has 1 aromatic carbocycles. The van der Waals surface area contributed by atoms with Gasteiger partial charge in [0.2, 0.25) is 5.91 Å². The van der Waals surface area contributed by atoms with E-state index in [1.54, 1.807) is 0 Å². The van der Waals surface area contributed by atoms with Gasteiger partial charge in [-0.1, -0.05) is 30.3 Å². The first-order valence-corrected chi connectivity index (χ1v) is 9.00. The normalized spacial score (nSPS) is 26.8. The third-order valence-electron chi connectivity index (χ3n) is 5.40. The Labute approximate surface area is 144 Å². The fourth-order valence-electron chi connectivity index (χ4n) is 4.09. The van der Waals surface area contributed by atoms with Gasteiger partial charge < -0.3 is 10.0 Å². The highest BCUT2D eigenvalue weighted by Crippen LogP contribution is 2.26. The van der Waals surface area contributed by atoms with Gasteiger partial charge in [0.1, 0.15) is 6.04 Å². The van der Waals surface area contributed by atoms with E-state index < -0.39 is 0 Å². The lowest BCUT2D eigenvalue weighted by Crippen LogP contribution is -2.55. The van der Waals surface area contributed by atoms with Crippen molar-refractivity contribution in [3.05, 3.63) is 35.9 Å². The molecule has 5 nitrogen and oxygen atoms in total. The second-order valence-electron chi connectivity index (χ2n) is 7.20. The summed E-state index contributed by atoms with van der Waals surface area (Å²) in [6.45, 7) is 3.23. The number of likely N-dealkylation sites (N-methyl/N-ethyl adjacent to an activating group) is 1. The molecule has 1 saturated carbocycles. The van der Waals surface area contributed by atoms with E-state index in [1.165, 1.54) is 0 Å². The summed E-state index contributed by atoms with van der Waals surface area (Å²) in [5, 5.41) is 10.1. The van der Waals surface area contributed by atoms with Crippen LogP contribution in [0.5, 0.6) is 0 Å². The third-order valence-corrected chi connectivity index (χ3v) is 5.40. The van der Waals surface area contributed by atoms with Gasteiger partial charge in [0.25, 0.3) is 0 Å². The fraction of sp³-hybridized carbons (Fsp3) is 0.632. The molecule has 1 saturated heterocycles. The maximum absolute atomic E-state index is 13.0. The number of aliphatic hydroxyl groups is 1. The number of hydrogen-bond acceptors (Lipinski definition) is 4. The molecule has 24 heavy (non-hydrogen) atoms. The molecule has 1 aromatic rings. The number of benzene rings is 1. The van der Waals surface area contributed by atoms with E-state index in [0.29, 0.717) is 6.04 Å². The van der Waals surface area contributed by atoms with Crippen LogP contribution in [0.25, 0.3) is 0 Å². The molecule has 2 fully saturated rings. The van der Waals surface area contributed by atoms with E-state index in [2.05, 4.69) is 4.90 Å². The van der Waals surface area contributed by atoms with E-state index in [0.717, 1.165) is 51.0 Å². The molecule has 1 N–H and O–H groups in total. The lowest BCUT2D eigenvalue weighted by atomic mass is 10.0. The van der Waals surface area contributed by atoms with Crippen LogP contribution in [0.2, 0.25) is 0 Å². The summed E-state index contributed by atoms with van der Waals surface area (Å²) < 4.78 is 0. The van der Waals surface area contributed by atoms with Crippen LogP contribution in [0.4, 0.5) is 0 Å². The van der Waals surface area contributed by atoms with Crippen molar-refractivity contribution in [1.29, 1.82) is 0 Å². The van der Waals surface area contributed by atoms with Crippen LogP contribution < -0.4 is 0 Å². The first-order chi connectivity index (χ1) is 11.6.